The second-order valence-corrected chi connectivity index (χ2v) is 5.14. The number of benzene rings is 1. The second-order valence-electron chi connectivity index (χ2n) is 5.14. The predicted octanol–water partition coefficient (Wildman–Crippen LogP) is 3.30. The van der Waals surface area contributed by atoms with E-state index >= 15 is 0 Å². The maximum Gasteiger partial charge on any atom is 0.227 e. The Bertz CT molecular complexity index is 765. The number of hydrogen-bond acceptors (Lipinski definition) is 4. The van der Waals surface area contributed by atoms with Crippen molar-refractivity contribution in [1.82, 2.24) is 14.8 Å². The first kappa shape index (κ1) is 13.6. The number of nitrogens with zero attached hydrogens (tertiary/aromatic N) is 3. The lowest BCUT2D eigenvalue weighted by atomic mass is 10.1. The van der Waals surface area contributed by atoms with Gasteiger partial charge in [-0.2, -0.15) is 5.10 Å². The molecule has 0 aliphatic rings. The minimum Gasteiger partial charge on any atom is -0.435 e. The van der Waals surface area contributed by atoms with Crippen LogP contribution in [0.2, 0.25) is 0 Å². The summed E-state index contributed by atoms with van der Waals surface area (Å²) in [6.07, 6.45) is 5.17. The third-order valence-corrected chi connectivity index (χ3v) is 3.33. The summed E-state index contributed by atoms with van der Waals surface area (Å²) in [6.45, 7) is 4.07. The van der Waals surface area contributed by atoms with Gasteiger partial charge in [0, 0.05) is 23.2 Å². The van der Waals surface area contributed by atoms with Crippen LogP contribution in [0.5, 0.6) is 11.6 Å². The van der Waals surface area contributed by atoms with Crippen LogP contribution in [0.25, 0.3) is 10.8 Å². The van der Waals surface area contributed by atoms with Gasteiger partial charge in [0.05, 0.1) is 19.0 Å². The Morgan fingerprint density at radius 2 is 1.95 bits per heavy atom. The van der Waals surface area contributed by atoms with E-state index < -0.39 is 0 Å². The highest BCUT2D eigenvalue weighted by atomic mass is 16.5. The fraction of sp³-hybridized carbons (Fsp3) is 0.250. The molecule has 3 rings (SSSR count). The number of aromatic nitrogens is 3. The van der Waals surface area contributed by atoms with Crippen molar-refractivity contribution in [3.8, 4) is 11.6 Å². The van der Waals surface area contributed by atoms with E-state index in [2.05, 4.69) is 23.9 Å². The zero-order chi connectivity index (χ0) is 14.8. The average Bonchev–Trinajstić information content (AvgIpc) is 2.96. The number of aliphatic hydroxyl groups is 1. The van der Waals surface area contributed by atoms with Crippen molar-refractivity contribution in [2.24, 2.45) is 0 Å². The van der Waals surface area contributed by atoms with Gasteiger partial charge in [-0.1, -0.05) is 18.2 Å². The summed E-state index contributed by atoms with van der Waals surface area (Å²) in [7, 11) is 0. The largest absolute Gasteiger partial charge is 0.435 e. The van der Waals surface area contributed by atoms with E-state index in [1.807, 2.05) is 35.1 Å². The number of ether oxygens (including phenoxy) is 1. The van der Waals surface area contributed by atoms with Crippen LogP contribution < -0.4 is 4.74 Å². The zero-order valence-electron chi connectivity index (χ0n) is 12.0. The number of aliphatic hydroxyl groups excluding tert-OH is 1. The maximum absolute atomic E-state index is 9.39. The monoisotopic (exact) mass is 283 g/mol. The number of pyridine rings is 1. The van der Waals surface area contributed by atoms with E-state index in [1.165, 1.54) is 0 Å². The molecule has 0 atom stereocenters. The average molecular weight is 283 g/mol. The van der Waals surface area contributed by atoms with Gasteiger partial charge in [-0.15, -0.1) is 0 Å². The van der Waals surface area contributed by atoms with Gasteiger partial charge in [-0.05, 0) is 25.3 Å². The van der Waals surface area contributed by atoms with Crippen molar-refractivity contribution in [1.29, 1.82) is 0 Å². The predicted molar refractivity (Wildman–Crippen MR) is 80.4 cm³/mol. The molecule has 0 radical (unpaired) electrons. The van der Waals surface area contributed by atoms with Gasteiger partial charge in [0.15, 0.2) is 5.75 Å². The van der Waals surface area contributed by atoms with Crippen LogP contribution >= 0.6 is 0 Å². The molecule has 0 bridgehead atoms. The molecule has 0 saturated carbocycles. The van der Waals surface area contributed by atoms with Crippen molar-refractivity contribution >= 4 is 10.8 Å². The Kier molecular flexibility index (Phi) is 3.58. The maximum atomic E-state index is 9.39. The van der Waals surface area contributed by atoms with Crippen LogP contribution in [0.3, 0.4) is 0 Å². The molecule has 2 aromatic heterocycles. The van der Waals surface area contributed by atoms with Gasteiger partial charge in [0.25, 0.3) is 0 Å². The topological polar surface area (TPSA) is 60.2 Å². The molecule has 2 heterocycles. The quantitative estimate of drug-likeness (QED) is 0.798. The molecule has 108 valence electrons. The van der Waals surface area contributed by atoms with Crippen LogP contribution in [-0.4, -0.2) is 19.9 Å². The Balaban J connectivity index is 2.00. The van der Waals surface area contributed by atoms with E-state index in [-0.39, 0.29) is 12.6 Å². The highest BCUT2D eigenvalue weighted by Gasteiger charge is 2.10. The second kappa shape index (κ2) is 5.54. The fourth-order valence-electron chi connectivity index (χ4n) is 2.20. The van der Waals surface area contributed by atoms with Gasteiger partial charge < -0.3 is 9.84 Å². The highest BCUT2D eigenvalue weighted by molar-refractivity contribution is 5.89. The summed E-state index contributed by atoms with van der Waals surface area (Å²) >= 11 is 0. The van der Waals surface area contributed by atoms with E-state index in [4.69, 9.17) is 4.74 Å². The summed E-state index contributed by atoms with van der Waals surface area (Å²) < 4.78 is 7.68. The minimum absolute atomic E-state index is 0.0426. The van der Waals surface area contributed by atoms with Crippen molar-refractivity contribution in [2.45, 2.75) is 26.5 Å². The van der Waals surface area contributed by atoms with E-state index in [1.54, 1.807) is 12.4 Å². The lowest BCUT2D eigenvalue weighted by Crippen LogP contribution is -1.99. The lowest BCUT2D eigenvalue weighted by molar-refractivity contribution is 0.283. The summed E-state index contributed by atoms with van der Waals surface area (Å²) in [5.41, 5.74) is 0.788. The molecule has 3 aromatic rings. The fourth-order valence-corrected chi connectivity index (χ4v) is 2.20. The molecule has 1 aromatic carbocycles. The van der Waals surface area contributed by atoms with E-state index in [9.17, 15) is 5.11 Å². The molecular formula is C16H17N3O2. The van der Waals surface area contributed by atoms with Crippen molar-refractivity contribution in [3.05, 3.63) is 48.4 Å². The van der Waals surface area contributed by atoms with Crippen LogP contribution in [0.15, 0.2) is 42.9 Å². The SMILES string of the molecule is CC(C)n1cc(Oc2ncc(CO)c3ccccc23)cn1. The standard InChI is InChI=1S/C16H17N3O2/c1-11(2)19-9-13(8-18-19)21-16-15-6-4-3-5-14(15)12(10-20)7-17-16/h3-9,11,20H,10H2,1-2H3. The molecule has 0 spiro atoms. The zero-order valence-corrected chi connectivity index (χ0v) is 12.0. The molecular weight excluding hydrogens is 266 g/mol. The first-order valence-corrected chi connectivity index (χ1v) is 6.88. The van der Waals surface area contributed by atoms with Gasteiger partial charge in [-0.25, -0.2) is 4.98 Å². The summed E-state index contributed by atoms with van der Waals surface area (Å²) in [6, 6.07) is 8.03. The minimum atomic E-state index is -0.0426. The Hall–Kier alpha value is -2.40. The number of hydrogen-bond donors (Lipinski definition) is 1. The Morgan fingerprint density at radius 1 is 1.19 bits per heavy atom. The van der Waals surface area contributed by atoms with Gasteiger partial charge >= 0.3 is 0 Å². The molecule has 0 saturated heterocycles. The molecule has 0 amide bonds. The molecule has 0 fully saturated rings. The molecule has 0 aliphatic heterocycles. The van der Waals surface area contributed by atoms with E-state index in [0.29, 0.717) is 11.6 Å². The Labute approximate surface area is 122 Å². The molecule has 5 nitrogen and oxygen atoms in total. The number of rotatable bonds is 4. The molecule has 0 unspecified atom stereocenters. The first-order chi connectivity index (χ1) is 10.2. The van der Waals surface area contributed by atoms with Gasteiger partial charge in [0.2, 0.25) is 5.88 Å². The summed E-state index contributed by atoms with van der Waals surface area (Å²) in [5.74, 6) is 1.17. The van der Waals surface area contributed by atoms with Gasteiger partial charge in [-0.3, -0.25) is 4.68 Å². The molecule has 1 N–H and O–H groups in total. The number of fused-ring (bicyclic) bond motifs is 1. The Morgan fingerprint density at radius 3 is 2.62 bits per heavy atom. The van der Waals surface area contributed by atoms with E-state index in [0.717, 1.165) is 16.3 Å². The third kappa shape index (κ3) is 2.60. The van der Waals surface area contributed by atoms with Crippen LogP contribution in [0.1, 0.15) is 25.5 Å². The summed E-state index contributed by atoms with van der Waals surface area (Å²) in [4.78, 5) is 4.31. The van der Waals surface area contributed by atoms with Crippen LogP contribution in [0, 0.1) is 0 Å². The normalized spacial score (nSPS) is 11.2. The van der Waals surface area contributed by atoms with Crippen LogP contribution in [-0.2, 0) is 6.61 Å². The molecule has 21 heavy (non-hydrogen) atoms. The highest BCUT2D eigenvalue weighted by Crippen LogP contribution is 2.29. The van der Waals surface area contributed by atoms with Crippen molar-refractivity contribution in [2.75, 3.05) is 0 Å². The van der Waals surface area contributed by atoms with Crippen molar-refractivity contribution in [3.63, 3.8) is 0 Å². The first-order valence-electron chi connectivity index (χ1n) is 6.88. The lowest BCUT2D eigenvalue weighted by Gasteiger charge is -2.09. The molecule has 5 heteroatoms. The van der Waals surface area contributed by atoms with Gasteiger partial charge in [0.1, 0.15) is 0 Å². The smallest absolute Gasteiger partial charge is 0.227 e. The summed E-state index contributed by atoms with van der Waals surface area (Å²) in [5, 5.41) is 15.5. The third-order valence-electron chi connectivity index (χ3n) is 3.33. The van der Waals surface area contributed by atoms with Crippen molar-refractivity contribution < 1.29 is 9.84 Å². The van der Waals surface area contributed by atoms with Crippen LogP contribution in [0.4, 0.5) is 0 Å². The molecule has 0 aliphatic carbocycles.